The van der Waals surface area contributed by atoms with Crippen molar-refractivity contribution in [2.24, 2.45) is 5.14 Å². The fourth-order valence-electron chi connectivity index (χ4n) is 1.26. The summed E-state index contributed by atoms with van der Waals surface area (Å²) in [6.45, 7) is 0. The normalized spacial score (nSPS) is 9.68. The Morgan fingerprint density at radius 3 is 1.64 bits per heavy atom. The number of rotatable bonds is 1. The van der Waals surface area contributed by atoms with Crippen LogP contribution in [0.15, 0.2) is 84.0 Å². The van der Waals surface area contributed by atoms with Gasteiger partial charge in [0.15, 0.2) is 0 Å². The van der Waals surface area contributed by atoms with Crippen molar-refractivity contribution in [1.82, 2.24) is 10.2 Å². The fourth-order valence-corrected chi connectivity index (χ4v) is 1.77. The van der Waals surface area contributed by atoms with Crippen LogP contribution in [0.2, 0.25) is 0 Å². The van der Waals surface area contributed by atoms with Gasteiger partial charge in [-0.15, -0.1) is 0 Å². The van der Waals surface area contributed by atoms with Crippen molar-refractivity contribution in [3.63, 3.8) is 0 Å². The summed E-state index contributed by atoms with van der Waals surface area (Å²) >= 11 is 0. The molecule has 0 saturated heterocycles. The second-order valence-corrected chi connectivity index (χ2v) is 5.60. The number of nitrogens with two attached hydrogens (primary N) is 2. The maximum absolute atomic E-state index is 10.7. The number of anilines is 1. The van der Waals surface area contributed by atoms with Gasteiger partial charge in [0.05, 0.1) is 4.90 Å². The number of hydrogen-bond acceptors (Lipinski definition) is 4. The molecule has 0 radical (unpaired) electrons. The molecule has 0 saturated carbocycles. The molecular weight excluding hydrogens is 300 g/mol. The van der Waals surface area contributed by atoms with E-state index in [9.17, 15) is 8.42 Å². The lowest BCUT2D eigenvalue weighted by Crippen LogP contribution is -2.11. The Bertz CT molecular complexity index is 668. The first-order valence-corrected chi connectivity index (χ1v) is 7.87. The highest BCUT2D eigenvalue weighted by atomic mass is 32.2. The molecule has 0 aliphatic heterocycles. The predicted octanol–water partition coefficient (Wildman–Crippen LogP) is 2.01. The van der Waals surface area contributed by atoms with Crippen LogP contribution in [-0.2, 0) is 10.0 Å². The minimum atomic E-state index is -3.58. The number of aromatic nitrogens is 2. The monoisotopic (exact) mass is 318 g/mol. The number of sulfonamides is 1. The van der Waals surface area contributed by atoms with Gasteiger partial charge >= 0.3 is 0 Å². The van der Waals surface area contributed by atoms with Gasteiger partial charge in [0, 0.05) is 18.1 Å². The number of H-pyrrole nitrogens is 1. The van der Waals surface area contributed by atoms with E-state index in [2.05, 4.69) is 10.2 Å². The summed E-state index contributed by atoms with van der Waals surface area (Å²) in [5, 5.41) is 11.0. The summed E-state index contributed by atoms with van der Waals surface area (Å²) in [6, 6.07) is 19.5. The fraction of sp³-hybridized carbons (Fsp3) is 0. The third-order valence-corrected chi connectivity index (χ3v) is 3.21. The van der Waals surface area contributed by atoms with Crippen LogP contribution < -0.4 is 10.9 Å². The van der Waals surface area contributed by atoms with Crippen LogP contribution >= 0.6 is 0 Å². The highest BCUT2D eigenvalue weighted by molar-refractivity contribution is 7.89. The van der Waals surface area contributed by atoms with E-state index < -0.39 is 10.0 Å². The molecule has 1 aromatic heterocycles. The van der Waals surface area contributed by atoms with Crippen LogP contribution in [0.5, 0.6) is 0 Å². The lowest BCUT2D eigenvalue weighted by molar-refractivity contribution is 0.598. The van der Waals surface area contributed by atoms with E-state index in [1.165, 1.54) is 24.3 Å². The molecule has 2 aromatic carbocycles. The number of nitrogen functional groups attached to an aromatic ring is 1. The summed E-state index contributed by atoms with van der Waals surface area (Å²) in [4.78, 5) is 0.0756. The van der Waals surface area contributed by atoms with Gasteiger partial charge in [-0.05, 0) is 30.3 Å². The van der Waals surface area contributed by atoms with Crippen LogP contribution in [0.25, 0.3) is 0 Å². The highest BCUT2D eigenvalue weighted by Gasteiger charge is 2.04. The molecule has 22 heavy (non-hydrogen) atoms. The average molecular weight is 318 g/mol. The average Bonchev–Trinajstić information content (AvgIpc) is 3.09. The number of benzene rings is 2. The first-order valence-electron chi connectivity index (χ1n) is 6.32. The summed E-state index contributed by atoms with van der Waals surface area (Å²) in [5.74, 6) is 0. The lowest BCUT2D eigenvalue weighted by atomic mass is 10.3. The molecule has 3 aromatic rings. The van der Waals surface area contributed by atoms with E-state index >= 15 is 0 Å². The molecule has 0 fully saturated rings. The molecule has 0 unspecified atom stereocenters. The van der Waals surface area contributed by atoms with E-state index in [1.807, 2.05) is 42.5 Å². The molecule has 6 nitrogen and oxygen atoms in total. The van der Waals surface area contributed by atoms with E-state index in [0.29, 0.717) is 5.69 Å². The minimum Gasteiger partial charge on any atom is -0.399 e. The molecule has 5 N–H and O–H groups in total. The Labute approximate surface area is 129 Å². The van der Waals surface area contributed by atoms with Gasteiger partial charge in [-0.25, -0.2) is 13.6 Å². The zero-order valence-corrected chi connectivity index (χ0v) is 12.6. The van der Waals surface area contributed by atoms with Crippen molar-refractivity contribution in [1.29, 1.82) is 0 Å². The largest absolute Gasteiger partial charge is 0.399 e. The van der Waals surface area contributed by atoms with E-state index in [-0.39, 0.29) is 4.90 Å². The first kappa shape index (κ1) is 17.4. The summed E-state index contributed by atoms with van der Waals surface area (Å²) < 4.78 is 21.4. The molecule has 0 bridgehead atoms. The standard InChI is InChI=1S/C6H8N2O2S.C6H6.C3H4N2/c7-5-1-3-6(4-2-5)11(8,9)10;1-2-4-6-5-3-1;1-2-4-5-3-1/h1-4H,7H2,(H2,8,9,10);1-6H;1-3H,(H,4,5). The zero-order valence-electron chi connectivity index (χ0n) is 11.8. The molecular formula is C15H18N4O2S. The van der Waals surface area contributed by atoms with Crippen molar-refractivity contribution < 1.29 is 8.42 Å². The van der Waals surface area contributed by atoms with Crippen molar-refractivity contribution in [3.8, 4) is 0 Å². The van der Waals surface area contributed by atoms with Crippen molar-refractivity contribution in [3.05, 3.63) is 79.1 Å². The number of hydrogen-bond donors (Lipinski definition) is 3. The van der Waals surface area contributed by atoms with Gasteiger partial charge in [-0.3, -0.25) is 5.10 Å². The first-order chi connectivity index (χ1) is 10.5. The molecule has 0 aliphatic rings. The molecule has 0 atom stereocenters. The van der Waals surface area contributed by atoms with Crippen LogP contribution in [-0.4, -0.2) is 18.6 Å². The number of nitrogens with zero attached hydrogens (tertiary/aromatic N) is 1. The van der Waals surface area contributed by atoms with E-state index in [0.717, 1.165) is 0 Å². The van der Waals surface area contributed by atoms with Crippen molar-refractivity contribution in [2.45, 2.75) is 4.90 Å². The topological polar surface area (TPSA) is 115 Å². The van der Waals surface area contributed by atoms with Gasteiger partial charge in [0.25, 0.3) is 0 Å². The Kier molecular flexibility index (Phi) is 7.38. The molecule has 1 heterocycles. The van der Waals surface area contributed by atoms with Crippen LogP contribution in [0.1, 0.15) is 0 Å². The number of nitrogens with one attached hydrogen (secondary N) is 1. The third-order valence-electron chi connectivity index (χ3n) is 2.28. The minimum absolute atomic E-state index is 0.0756. The van der Waals surface area contributed by atoms with Gasteiger partial charge < -0.3 is 5.73 Å². The second-order valence-electron chi connectivity index (χ2n) is 4.04. The Balaban J connectivity index is 0.000000184. The molecule has 0 amide bonds. The molecule has 7 heteroatoms. The van der Waals surface area contributed by atoms with Crippen LogP contribution in [0.3, 0.4) is 0 Å². The van der Waals surface area contributed by atoms with Gasteiger partial charge in [-0.2, -0.15) is 5.10 Å². The molecule has 116 valence electrons. The van der Waals surface area contributed by atoms with E-state index in [1.54, 1.807) is 12.4 Å². The molecule has 0 spiro atoms. The summed E-state index contributed by atoms with van der Waals surface area (Å²) in [5.41, 5.74) is 5.85. The SMILES string of the molecule is Nc1ccc(S(N)(=O)=O)cc1.c1ccccc1.c1cn[nH]c1. The Morgan fingerprint density at radius 2 is 1.36 bits per heavy atom. The highest BCUT2D eigenvalue weighted by Crippen LogP contribution is 2.08. The smallest absolute Gasteiger partial charge is 0.238 e. The quantitative estimate of drug-likeness (QED) is 0.595. The third kappa shape index (κ3) is 7.83. The summed E-state index contributed by atoms with van der Waals surface area (Å²) in [6.07, 6.45) is 3.46. The number of aromatic amines is 1. The molecule has 0 aliphatic carbocycles. The maximum atomic E-state index is 10.7. The maximum Gasteiger partial charge on any atom is 0.238 e. The van der Waals surface area contributed by atoms with Crippen molar-refractivity contribution >= 4 is 15.7 Å². The second kappa shape index (κ2) is 9.32. The van der Waals surface area contributed by atoms with Gasteiger partial charge in [0.1, 0.15) is 0 Å². The Hall–Kier alpha value is -2.64. The van der Waals surface area contributed by atoms with E-state index in [4.69, 9.17) is 10.9 Å². The van der Waals surface area contributed by atoms with Crippen molar-refractivity contribution in [2.75, 3.05) is 5.73 Å². The van der Waals surface area contributed by atoms with Gasteiger partial charge in [-0.1, -0.05) is 36.4 Å². The summed E-state index contributed by atoms with van der Waals surface area (Å²) in [7, 11) is -3.58. The lowest BCUT2D eigenvalue weighted by Gasteiger charge is -1.96. The predicted molar refractivity (Wildman–Crippen MR) is 87.3 cm³/mol. The van der Waals surface area contributed by atoms with Crippen LogP contribution in [0, 0.1) is 0 Å². The van der Waals surface area contributed by atoms with Gasteiger partial charge in [0.2, 0.25) is 10.0 Å². The molecule has 3 rings (SSSR count). The number of primary sulfonamides is 1. The van der Waals surface area contributed by atoms with Crippen LogP contribution in [0.4, 0.5) is 5.69 Å². The zero-order chi connectivity index (χ0) is 16.3. The Morgan fingerprint density at radius 1 is 0.864 bits per heavy atom.